The van der Waals surface area contributed by atoms with Gasteiger partial charge in [-0.3, -0.25) is 0 Å². The number of aromatic nitrogens is 1. The third kappa shape index (κ3) is 2.75. The Balaban J connectivity index is 2.07. The zero-order valence-corrected chi connectivity index (χ0v) is 12.5. The molecule has 2 aromatic rings. The van der Waals surface area contributed by atoms with Gasteiger partial charge in [-0.25, -0.2) is 0 Å². The number of hydrogen-bond acceptors (Lipinski definition) is 6. The number of thiophene rings is 1. The lowest BCUT2D eigenvalue weighted by atomic mass is 10.3. The van der Waals surface area contributed by atoms with Crippen LogP contribution >= 0.6 is 34.6 Å². The van der Waals surface area contributed by atoms with Gasteiger partial charge in [0.25, 0.3) is 0 Å². The first-order chi connectivity index (χ1) is 8.11. The summed E-state index contributed by atoms with van der Waals surface area (Å²) in [5.74, 6) is 0.628. The Bertz CT molecular complexity index is 497. The first kappa shape index (κ1) is 12.7. The maximum atomic E-state index is 5.79. The monoisotopic (exact) mass is 285 g/mol. The number of rotatable bonds is 4. The van der Waals surface area contributed by atoms with Gasteiger partial charge in [-0.2, -0.15) is 4.37 Å². The second-order valence-corrected chi connectivity index (χ2v) is 6.67. The zero-order chi connectivity index (χ0) is 12.4. The van der Waals surface area contributed by atoms with E-state index in [4.69, 9.17) is 5.73 Å². The fourth-order valence-corrected chi connectivity index (χ4v) is 4.04. The third-order valence-electron chi connectivity index (χ3n) is 2.52. The molecule has 0 aliphatic carbocycles. The van der Waals surface area contributed by atoms with Gasteiger partial charge >= 0.3 is 0 Å². The topological polar surface area (TPSA) is 50.9 Å². The second kappa shape index (κ2) is 5.29. The SMILES string of the molecule is CSc1c(N)nsc1NCc1cc(C)c(C)s1. The fourth-order valence-electron chi connectivity index (χ4n) is 1.51. The molecule has 3 nitrogen and oxygen atoms in total. The van der Waals surface area contributed by atoms with E-state index < -0.39 is 0 Å². The van der Waals surface area contributed by atoms with E-state index in [-0.39, 0.29) is 0 Å². The van der Waals surface area contributed by atoms with E-state index >= 15 is 0 Å². The van der Waals surface area contributed by atoms with Crippen molar-refractivity contribution in [2.75, 3.05) is 17.3 Å². The molecule has 0 unspecified atom stereocenters. The lowest BCUT2D eigenvalue weighted by molar-refractivity contribution is 1.19. The van der Waals surface area contributed by atoms with Crippen molar-refractivity contribution in [3.63, 3.8) is 0 Å². The Morgan fingerprint density at radius 1 is 1.47 bits per heavy atom. The maximum Gasteiger partial charge on any atom is 0.153 e. The van der Waals surface area contributed by atoms with Gasteiger partial charge in [0.1, 0.15) is 5.00 Å². The van der Waals surface area contributed by atoms with Crippen molar-refractivity contribution in [1.82, 2.24) is 4.37 Å². The van der Waals surface area contributed by atoms with Gasteiger partial charge in [-0.1, -0.05) is 0 Å². The summed E-state index contributed by atoms with van der Waals surface area (Å²) in [5, 5.41) is 4.48. The van der Waals surface area contributed by atoms with Crippen LogP contribution in [0.15, 0.2) is 11.0 Å². The molecule has 0 amide bonds. The minimum Gasteiger partial charge on any atom is -0.382 e. The highest BCUT2D eigenvalue weighted by molar-refractivity contribution is 7.99. The number of hydrogen-bond donors (Lipinski definition) is 2. The van der Waals surface area contributed by atoms with Gasteiger partial charge in [-0.05, 0) is 43.3 Å². The van der Waals surface area contributed by atoms with Crippen LogP contribution in [0.4, 0.5) is 10.8 Å². The van der Waals surface area contributed by atoms with Gasteiger partial charge < -0.3 is 11.1 Å². The quantitative estimate of drug-likeness (QED) is 0.840. The smallest absolute Gasteiger partial charge is 0.153 e. The highest BCUT2D eigenvalue weighted by Gasteiger charge is 2.10. The first-order valence-corrected chi connectivity index (χ1v) is 8.02. The van der Waals surface area contributed by atoms with Crippen LogP contribution in [0.1, 0.15) is 15.3 Å². The molecule has 0 fully saturated rings. The van der Waals surface area contributed by atoms with Crippen molar-refractivity contribution in [1.29, 1.82) is 0 Å². The molecule has 92 valence electrons. The Hall–Kier alpha value is -0.720. The van der Waals surface area contributed by atoms with E-state index in [0.717, 1.165) is 16.4 Å². The first-order valence-electron chi connectivity index (χ1n) is 5.20. The molecule has 2 aromatic heterocycles. The van der Waals surface area contributed by atoms with Crippen LogP contribution < -0.4 is 11.1 Å². The van der Waals surface area contributed by atoms with Crippen molar-refractivity contribution < 1.29 is 0 Å². The van der Waals surface area contributed by atoms with Crippen LogP contribution in [0.25, 0.3) is 0 Å². The normalized spacial score (nSPS) is 10.8. The number of aryl methyl sites for hydroxylation is 2. The summed E-state index contributed by atoms with van der Waals surface area (Å²) in [7, 11) is 0. The van der Waals surface area contributed by atoms with Gasteiger partial charge in [0, 0.05) is 9.75 Å². The lowest BCUT2D eigenvalue weighted by Crippen LogP contribution is -1.96. The van der Waals surface area contributed by atoms with Gasteiger partial charge in [0.05, 0.1) is 11.4 Å². The standard InChI is InChI=1S/C11H15N3S3/c1-6-4-8(16-7(6)2)5-13-11-9(15-3)10(12)14-17-11/h4,13H,5H2,1-3H3,(H2,12,14). The molecule has 2 rings (SSSR count). The Labute approximate surface area is 114 Å². The highest BCUT2D eigenvalue weighted by Crippen LogP contribution is 2.35. The van der Waals surface area contributed by atoms with Crippen molar-refractivity contribution in [2.45, 2.75) is 25.3 Å². The molecular weight excluding hydrogens is 270 g/mol. The van der Waals surface area contributed by atoms with E-state index in [1.807, 2.05) is 17.6 Å². The lowest BCUT2D eigenvalue weighted by Gasteiger charge is -2.03. The number of nitrogen functional groups attached to an aromatic ring is 1. The molecule has 0 spiro atoms. The van der Waals surface area contributed by atoms with E-state index in [2.05, 4.69) is 29.6 Å². The molecule has 0 aromatic carbocycles. The third-order valence-corrected chi connectivity index (χ3v) is 5.44. The zero-order valence-electron chi connectivity index (χ0n) is 10.0. The maximum absolute atomic E-state index is 5.79. The summed E-state index contributed by atoms with van der Waals surface area (Å²) < 4.78 is 4.16. The van der Waals surface area contributed by atoms with Crippen LogP contribution in [0, 0.1) is 13.8 Å². The van der Waals surface area contributed by atoms with Crippen molar-refractivity contribution in [3.8, 4) is 0 Å². The molecular formula is C11H15N3S3. The number of nitrogens with one attached hydrogen (secondary N) is 1. The number of thioether (sulfide) groups is 1. The van der Waals surface area contributed by atoms with Gasteiger partial charge in [-0.15, -0.1) is 23.1 Å². The molecule has 3 N–H and O–H groups in total. The predicted octanol–water partition coefficient (Wildman–Crippen LogP) is 3.74. The molecule has 0 aliphatic heterocycles. The molecule has 0 atom stereocenters. The van der Waals surface area contributed by atoms with E-state index in [0.29, 0.717) is 5.82 Å². The summed E-state index contributed by atoms with van der Waals surface area (Å²) in [5.41, 5.74) is 7.15. The number of nitrogens with zero attached hydrogens (tertiary/aromatic N) is 1. The fraction of sp³-hybridized carbons (Fsp3) is 0.364. The van der Waals surface area contributed by atoms with Crippen molar-refractivity contribution in [3.05, 3.63) is 21.4 Å². The second-order valence-electron chi connectivity index (χ2n) is 3.74. The summed E-state index contributed by atoms with van der Waals surface area (Å²) in [4.78, 5) is 3.79. The Kier molecular flexibility index (Phi) is 3.96. The molecule has 0 saturated heterocycles. The van der Waals surface area contributed by atoms with Gasteiger partial charge in [0.15, 0.2) is 5.82 Å². The molecule has 17 heavy (non-hydrogen) atoms. The minimum atomic E-state index is 0.628. The average molecular weight is 285 g/mol. The molecule has 0 bridgehead atoms. The van der Waals surface area contributed by atoms with Crippen LogP contribution in [-0.4, -0.2) is 10.6 Å². The molecule has 0 aliphatic rings. The van der Waals surface area contributed by atoms with E-state index in [9.17, 15) is 0 Å². The minimum absolute atomic E-state index is 0.628. The summed E-state index contributed by atoms with van der Waals surface area (Å²) in [6.45, 7) is 5.14. The highest BCUT2D eigenvalue weighted by atomic mass is 32.2. The van der Waals surface area contributed by atoms with Crippen LogP contribution in [0.3, 0.4) is 0 Å². The van der Waals surface area contributed by atoms with E-state index in [1.54, 1.807) is 11.8 Å². The molecule has 0 radical (unpaired) electrons. The Morgan fingerprint density at radius 2 is 2.24 bits per heavy atom. The van der Waals surface area contributed by atoms with Gasteiger partial charge in [0.2, 0.25) is 0 Å². The summed E-state index contributed by atoms with van der Waals surface area (Å²) in [6.07, 6.45) is 2.02. The predicted molar refractivity (Wildman–Crippen MR) is 79.4 cm³/mol. The number of anilines is 2. The van der Waals surface area contributed by atoms with E-state index in [1.165, 1.54) is 26.9 Å². The van der Waals surface area contributed by atoms with Crippen molar-refractivity contribution in [2.24, 2.45) is 0 Å². The number of nitrogens with two attached hydrogens (primary N) is 1. The Morgan fingerprint density at radius 3 is 2.82 bits per heavy atom. The van der Waals surface area contributed by atoms with Crippen LogP contribution in [0.2, 0.25) is 0 Å². The summed E-state index contributed by atoms with van der Waals surface area (Å²) in [6, 6.07) is 2.23. The molecule has 6 heteroatoms. The molecule has 2 heterocycles. The molecule has 0 saturated carbocycles. The summed E-state index contributed by atoms with van der Waals surface area (Å²) >= 11 is 4.90. The van der Waals surface area contributed by atoms with Crippen molar-refractivity contribution >= 4 is 45.5 Å². The van der Waals surface area contributed by atoms with Crippen LogP contribution in [0.5, 0.6) is 0 Å². The average Bonchev–Trinajstić information content (AvgIpc) is 2.80. The largest absolute Gasteiger partial charge is 0.382 e. The van der Waals surface area contributed by atoms with Crippen LogP contribution in [-0.2, 0) is 6.54 Å².